The van der Waals surface area contributed by atoms with Crippen LogP contribution in [-0.2, 0) is 9.47 Å². The molecule has 0 radical (unpaired) electrons. The van der Waals surface area contributed by atoms with Gasteiger partial charge in [-0.15, -0.1) is 24.0 Å². The van der Waals surface area contributed by atoms with Crippen LogP contribution in [0.1, 0.15) is 32.1 Å². The van der Waals surface area contributed by atoms with Crippen molar-refractivity contribution in [2.24, 2.45) is 10.9 Å². The molecule has 2 aliphatic heterocycles. The van der Waals surface area contributed by atoms with E-state index in [0.717, 1.165) is 89.8 Å². The van der Waals surface area contributed by atoms with E-state index < -0.39 is 0 Å². The van der Waals surface area contributed by atoms with Gasteiger partial charge in [0.25, 0.3) is 0 Å². The Morgan fingerprint density at radius 1 is 1.23 bits per heavy atom. The van der Waals surface area contributed by atoms with Gasteiger partial charge in [0, 0.05) is 64.8 Å². The largest absolute Gasteiger partial charge is 0.381 e. The van der Waals surface area contributed by atoms with E-state index in [-0.39, 0.29) is 29.8 Å². The highest BCUT2D eigenvalue weighted by Crippen LogP contribution is 2.20. The monoisotopic (exact) mass is 534 g/mol. The molecule has 1 aromatic carbocycles. The number of aliphatic imine (C=N–C) groups is 1. The number of rotatable bonds is 8. The van der Waals surface area contributed by atoms with Crippen LogP contribution in [-0.4, -0.2) is 65.1 Å². The molecule has 0 spiro atoms. The Morgan fingerprint density at radius 3 is 2.70 bits per heavy atom. The van der Waals surface area contributed by atoms with E-state index >= 15 is 0 Å². The molecule has 2 heterocycles. The molecule has 2 fully saturated rings. The Kier molecular flexibility index (Phi) is 11.8. The lowest BCUT2D eigenvalue weighted by atomic mass is 10.0. The van der Waals surface area contributed by atoms with Crippen molar-refractivity contribution in [3.8, 4) is 0 Å². The predicted molar refractivity (Wildman–Crippen MR) is 131 cm³/mol. The highest BCUT2D eigenvalue weighted by atomic mass is 127. The van der Waals surface area contributed by atoms with Gasteiger partial charge in [-0.1, -0.05) is 6.07 Å². The number of piperidine rings is 1. The molecule has 2 aliphatic rings. The third kappa shape index (κ3) is 8.55. The summed E-state index contributed by atoms with van der Waals surface area (Å²) in [5, 5.41) is 6.90. The lowest BCUT2D eigenvalue weighted by Crippen LogP contribution is -2.49. The average Bonchev–Trinajstić information content (AvgIpc) is 2.76. The van der Waals surface area contributed by atoms with Gasteiger partial charge >= 0.3 is 0 Å². The lowest BCUT2D eigenvalue weighted by Gasteiger charge is -2.34. The van der Waals surface area contributed by atoms with E-state index in [1.54, 1.807) is 19.2 Å². The lowest BCUT2D eigenvalue weighted by molar-refractivity contribution is 0.0203. The molecule has 0 amide bonds. The number of hydrogen-bond donors (Lipinski definition) is 2. The van der Waals surface area contributed by atoms with Crippen LogP contribution in [0.5, 0.6) is 0 Å². The first kappa shape index (κ1) is 25.1. The second kappa shape index (κ2) is 14.0. The maximum Gasteiger partial charge on any atom is 0.191 e. The van der Waals surface area contributed by atoms with E-state index in [9.17, 15) is 4.39 Å². The number of anilines is 1. The van der Waals surface area contributed by atoms with Crippen molar-refractivity contribution in [3.05, 3.63) is 30.1 Å². The van der Waals surface area contributed by atoms with Gasteiger partial charge in [0.2, 0.25) is 0 Å². The Bertz CT molecular complexity index is 635. The molecule has 0 atom stereocenters. The van der Waals surface area contributed by atoms with Crippen molar-refractivity contribution in [1.29, 1.82) is 0 Å². The van der Waals surface area contributed by atoms with Crippen LogP contribution in [0.4, 0.5) is 10.1 Å². The van der Waals surface area contributed by atoms with Gasteiger partial charge in [-0.05, 0) is 56.2 Å². The van der Waals surface area contributed by atoms with Gasteiger partial charge in [0.15, 0.2) is 5.96 Å². The molecule has 30 heavy (non-hydrogen) atoms. The first-order valence-electron chi connectivity index (χ1n) is 10.9. The minimum absolute atomic E-state index is 0. The van der Waals surface area contributed by atoms with Crippen molar-refractivity contribution < 1.29 is 13.9 Å². The minimum atomic E-state index is -0.177. The molecule has 0 saturated carbocycles. The minimum Gasteiger partial charge on any atom is -0.381 e. The summed E-state index contributed by atoms with van der Waals surface area (Å²) in [6.45, 7) is 6.04. The van der Waals surface area contributed by atoms with Gasteiger partial charge in [-0.2, -0.15) is 0 Å². The maximum atomic E-state index is 13.4. The Balaban J connectivity index is 0.00000320. The maximum absolute atomic E-state index is 13.4. The van der Waals surface area contributed by atoms with E-state index in [0.29, 0.717) is 12.0 Å². The first-order valence-corrected chi connectivity index (χ1v) is 10.9. The average molecular weight is 534 g/mol. The molecular formula is C22H36FIN4O2. The molecule has 170 valence electrons. The van der Waals surface area contributed by atoms with E-state index in [1.807, 2.05) is 6.07 Å². The zero-order chi connectivity index (χ0) is 20.3. The highest BCUT2D eigenvalue weighted by Gasteiger charge is 2.20. The number of halogens is 2. The van der Waals surface area contributed by atoms with Gasteiger partial charge in [0.1, 0.15) is 5.82 Å². The number of hydrogen-bond acceptors (Lipinski definition) is 4. The summed E-state index contributed by atoms with van der Waals surface area (Å²) in [6, 6.07) is 7.23. The topological polar surface area (TPSA) is 58.1 Å². The zero-order valence-electron chi connectivity index (χ0n) is 17.9. The summed E-state index contributed by atoms with van der Waals surface area (Å²) in [5.41, 5.74) is 0.965. The second-order valence-electron chi connectivity index (χ2n) is 7.87. The van der Waals surface area contributed by atoms with Crippen LogP contribution in [0.3, 0.4) is 0 Å². The van der Waals surface area contributed by atoms with Crippen LogP contribution in [0.15, 0.2) is 29.3 Å². The van der Waals surface area contributed by atoms with Gasteiger partial charge in [-0.25, -0.2) is 4.39 Å². The zero-order valence-corrected chi connectivity index (χ0v) is 20.3. The number of guanidine groups is 1. The fraction of sp³-hybridized carbons (Fsp3) is 0.682. The van der Waals surface area contributed by atoms with Crippen LogP contribution >= 0.6 is 24.0 Å². The summed E-state index contributed by atoms with van der Waals surface area (Å²) < 4.78 is 24.6. The molecule has 0 bridgehead atoms. The molecule has 0 aliphatic carbocycles. The fourth-order valence-electron chi connectivity index (χ4n) is 3.89. The summed E-state index contributed by atoms with van der Waals surface area (Å²) in [7, 11) is 1.80. The van der Waals surface area contributed by atoms with E-state index in [4.69, 9.17) is 9.47 Å². The Hall–Kier alpha value is -1.13. The first-order chi connectivity index (χ1) is 14.2. The molecular weight excluding hydrogens is 498 g/mol. The molecule has 0 aromatic heterocycles. The predicted octanol–water partition coefficient (Wildman–Crippen LogP) is 3.41. The van der Waals surface area contributed by atoms with Gasteiger partial charge in [0.05, 0.1) is 0 Å². The number of ether oxygens (including phenoxy) is 2. The molecule has 1 aromatic rings. The SMILES string of the molecule is CN=C(NCCCOCC1CCOCC1)NC1CCN(c2cccc(F)c2)CC1.I. The normalized spacial score (nSPS) is 18.7. The van der Waals surface area contributed by atoms with E-state index in [2.05, 4.69) is 20.5 Å². The number of nitrogens with one attached hydrogen (secondary N) is 2. The summed E-state index contributed by atoms with van der Waals surface area (Å²) in [4.78, 5) is 6.58. The van der Waals surface area contributed by atoms with Crippen molar-refractivity contribution in [2.45, 2.75) is 38.1 Å². The smallest absolute Gasteiger partial charge is 0.191 e. The van der Waals surface area contributed by atoms with Crippen LogP contribution in [0.25, 0.3) is 0 Å². The molecule has 6 nitrogen and oxygen atoms in total. The third-order valence-corrected chi connectivity index (χ3v) is 5.69. The summed E-state index contributed by atoms with van der Waals surface area (Å²) >= 11 is 0. The Labute approximate surface area is 197 Å². The number of benzene rings is 1. The number of nitrogens with zero attached hydrogens (tertiary/aromatic N) is 2. The van der Waals surface area contributed by atoms with Crippen molar-refractivity contribution in [2.75, 3.05) is 58.0 Å². The summed E-state index contributed by atoms with van der Waals surface area (Å²) in [6.07, 6.45) is 5.21. The third-order valence-electron chi connectivity index (χ3n) is 5.69. The standard InChI is InChI=1S/C22H35FN4O2.HI/c1-24-22(25-10-3-13-29-17-18-8-14-28-15-9-18)26-20-6-11-27(12-7-20)21-5-2-4-19(23)16-21;/h2,4-5,16,18,20H,3,6-15,17H2,1H3,(H2,24,25,26);1H. The molecule has 2 N–H and O–H groups in total. The summed E-state index contributed by atoms with van der Waals surface area (Å²) in [5.74, 6) is 1.33. The fourth-order valence-corrected chi connectivity index (χ4v) is 3.89. The van der Waals surface area contributed by atoms with Crippen molar-refractivity contribution in [3.63, 3.8) is 0 Å². The van der Waals surface area contributed by atoms with Crippen LogP contribution in [0.2, 0.25) is 0 Å². The van der Waals surface area contributed by atoms with Crippen LogP contribution < -0.4 is 15.5 Å². The van der Waals surface area contributed by atoms with Gasteiger partial charge < -0.3 is 25.0 Å². The Morgan fingerprint density at radius 2 is 2.00 bits per heavy atom. The van der Waals surface area contributed by atoms with Gasteiger partial charge in [-0.3, -0.25) is 4.99 Å². The van der Waals surface area contributed by atoms with E-state index in [1.165, 1.54) is 6.07 Å². The molecule has 0 unspecified atom stereocenters. The quantitative estimate of drug-likeness (QED) is 0.232. The van der Waals surface area contributed by atoms with Crippen molar-refractivity contribution in [1.82, 2.24) is 10.6 Å². The molecule has 8 heteroatoms. The van der Waals surface area contributed by atoms with Crippen LogP contribution in [0, 0.1) is 11.7 Å². The van der Waals surface area contributed by atoms with Crippen molar-refractivity contribution >= 4 is 35.6 Å². The molecule has 3 rings (SSSR count). The second-order valence-corrected chi connectivity index (χ2v) is 7.87. The molecule has 2 saturated heterocycles. The highest BCUT2D eigenvalue weighted by molar-refractivity contribution is 14.0.